The fourth-order valence-electron chi connectivity index (χ4n) is 4.37. The third-order valence-electron chi connectivity index (χ3n) is 6.34. The van der Waals surface area contributed by atoms with Crippen molar-refractivity contribution in [3.63, 3.8) is 0 Å². The number of hydrogen-bond acceptors (Lipinski definition) is 4. The van der Waals surface area contributed by atoms with Crippen molar-refractivity contribution in [3.05, 3.63) is 53.6 Å². The highest BCUT2D eigenvalue weighted by molar-refractivity contribution is 6.03. The van der Waals surface area contributed by atoms with Crippen molar-refractivity contribution in [1.82, 2.24) is 4.90 Å². The minimum absolute atomic E-state index is 0.230. The third-order valence-corrected chi connectivity index (χ3v) is 6.34. The van der Waals surface area contributed by atoms with Crippen molar-refractivity contribution < 1.29 is 9.53 Å². The van der Waals surface area contributed by atoms with E-state index in [1.165, 1.54) is 11.3 Å². The summed E-state index contributed by atoms with van der Waals surface area (Å²) >= 11 is 0. The zero-order chi connectivity index (χ0) is 20.1. The Morgan fingerprint density at radius 3 is 2.43 bits per heavy atom. The maximum atomic E-state index is 13.7. The predicted molar refractivity (Wildman–Crippen MR) is 116 cm³/mol. The van der Waals surface area contributed by atoms with Crippen LogP contribution in [0.1, 0.15) is 43.5 Å². The molecule has 1 aliphatic carbocycles. The van der Waals surface area contributed by atoms with E-state index >= 15 is 0 Å². The largest absolute Gasteiger partial charge is 0.378 e. The molecule has 0 N–H and O–H groups in total. The minimum atomic E-state index is -0.478. The van der Waals surface area contributed by atoms with E-state index in [1.807, 2.05) is 26.2 Å². The Morgan fingerprint density at radius 2 is 1.89 bits per heavy atom. The maximum absolute atomic E-state index is 13.7. The van der Waals surface area contributed by atoms with Gasteiger partial charge in [-0.25, -0.2) is 0 Å². The number of Topliss-reactive ketones (excluding diaryl/α,β-unsaturated/α-hetero) is 1. The Morgan fingerprint density at radius 1 is 1.21 bits per heavy atom. The van der Waals surface area contributed by atoms with Crippen molar-refractivity contribution >= 4 is 11.5 Å². The average Bonchev–Trinajstić information content (AvgIpc) is 2.73. The molecule has 0 saturated carbocycles. The van der Waals surface area contributed by atoms with Crippen LogP contribution in [0.5, 0.6) is 0 Å². The zero-order valence-corrected chi connectivity index (χ0v) is 17.8. The van der Waals surface area contributed by atoms with E-state index in [9.17, 15) is 4.79 Å². The van der Waals surface area contributed by atoms with Crippen LogP contribution in [-0.2, 0) is 4.74 Å². The van der Waals surface area contributed by atoms with Crippen molar-refractivity contribution in [2.24, 2.45) is 5.92 Å². The second kappa shape index (κ2) is 9.06. The van der Waals surface area contributed by atoms with Crippen LogP contribution in [0, 0.1) is 5.92 Å². The number of ether oxygens (including phenoxy) is 1. The van der Waals surface area contributed by atoms with E-state index in [-0.39, 0.29) is 5.78 Å². The fourth-order valence-corrected chi connectivity index (χ4v) is 4.37. The topological polar surface area (TPSA) is 32.8 Å². The third kappa shape index (κ3) is 4.39. The molecule has 0 aromatic heterocycles. The molecule has 1 aromatic rings. The number of nitrogens with zero attached hydrogens (tertiary/aromatic N) is 2. The quantitative estimate of drug-likeness (QED) is 0.657. The average molecular weight is 383 g/mol. The summed E-state index contributed by atoms with van der Waals surface area (Å²) in [6, 6.07) is 8.17. The number of anilines is 1. The summed E-state index contributed by atoms with van der Waals surface area (Å²) in [7, 11) is 4.08. The first-order valence-electron chi connectivity index (χ1n) is 10.5. The maximum Gasteiger partial charge on any atom is 0.183 e. The van der Waals surface area contributed by atoms with Gasteiger partial charge in [0.1, 0.15) is 0 Å². The monoisotopic (exact) mass is 382 g/mol. The van der Waals surface area contributed by atoms with Gasteiger partial charge in [-0.15, -0.1) is 0 Å². The molecule has 0 amide bonds. The lowest BCUT2D eigenvalue weighted by Gasteiger charge is -2.40. The number of likely N-dealkylation sites (N-methyl/N-ethyl adjacent to an activating group) is 1. The van der Waals surface area contributed by atoms with Crippen LogP contribution < -0.4 is 4.90 Å². The van der Waals surface area contributed by atoms with Gasteiger partial charge in [-0.3, -0.25) is 9.69 Å². The molecule has 1 aromatic carbocycles. The molecule has 4 heteroatoms. The summed E-state index contributed by atoms with van der Waals surface area (Å²) in [6.07, 6.45) is 9.41. The van der Waals surface area contributed by atoms with Crippen LogP contribution in [0.2, 0.25) is 0 Å². The lowest BCUT2D eigenvalue weighted by Crippen LogP contribution is -2.52. The van der Waals surface area contributed by atoms with Crippen molar-refractivity contribution in [1.29, 1.82) is 0 Å². The summed E-state index contributed by atoms with van der Waals surface area (Å²) in [5.74, 6) is 0.635. The van der Waals surface area contributed by atoms with Gasteiger partial charge in [0.25, 0.3) is 0 Å². The first-order valence-corrected chi connectivity index (χ1v) is 10.5. The van der Waals surface area contributed by atoms with Crippen molar-refractivity contribution in [3.8, 4) is 0 Å². The molecule has 2 unspecified atom stereocenters. The second-order valence-electron chi connectivity index (χ2n) is 8.26. The molecule has 1 fully saturated rings. The Hall–Kier alpha value is -1.91. The van der Waals surface area contributed by atoms with E-state index < -0.39 is 5.54 Å². The number of allylic oxidation sites excluding steroid dienone is 4. The molecule has 1 aliphatic heterocycles. The number of ketones is 1. The van der Waals surface area contributed by atoms with E-state index in [0.717, 1.165) is 51.1 Å². The minimum Gasteiger partial charge on any atom is -0.378 e. The highest BCUT2D eigenvalue weighted by Crippen LogP contribution is 2.34. The second-order valence-corrected chi connectivity index (χ2v) is 8.26. The van der Waals surface area contributed by atoms with Gasteiger partial charge >= 0.3 is 0 Å². The van der Waals surface area contributed by atoms with E-state index in [0.29, 0.717) is 5.92 Å². The molecule has 0 radical (unpaired) electrons. The van der Waals surface area contributed by atoms with Crippen molar-refractivity contribution in [2.75, 3.05) is 45.3 Å². The molecular formula is C24H34N2O2. The number of carbonyl (C=O) groups is 1. The lowest BCUT2D eigenvalue weighted by atomic mass is 9.76. The predicted octanol–water partition coefficient (Wildman–Crippen LogP) is 4.33. The van der Waals surface area contributed by atoms with Gasteiger partial charge in [0, 0.05) is 24.3 Å². The molecule has 152 valence electrons. The van der Waals surface area contributed by atoms with E-state index in [4.69, 9.17) is 4.74 Å². The normalized spacial score (nSPS) is 22.1. The number of morpholine rings is 1. The van der Waals surface area contributed by atoms with Gasteiger partial charge in [-0.2, -0.15) is 0 Å². The number of benzene rings is 1. The fraction of sp³-hybridized carbons (Fsp3) is 0.542. The van der Waals surface area contributed by atoms with Crippen LogP contribution in [0.15, 0.2) is 48.1 Å². The number of carbonyl (C=O) groups excluding carboxylic acids is 1. The first-order chi connectivity index (χ1) is 13.5. The van der Waals surface area contributed by atoms with Crippen LogP contribution >= 0.6 is 0 Å². The highest BCUT2D eigenvalue weighted by Gasteiger charge is 2.40. The molecule has 0 spiro atoms. The smallest absolute Gasteiger partial charge is 0.183 e. The first kappa shape index (κ1) is 20.8. The summed E-state index contributed by atoms with van der Waals surface area (Å²) < 4.78 is 5.44. The van der Waals surface area contributed by atoms with Crippen LogP contribution in [0.25, 0.3) is 0 Å². The van der Waals surface area contributed by atoms with Crippen molar-refractivity contribution in [2.45, 2.75) is 38.6 Å². The van der Waals surface area contributed by atoms with Gasteiger partial charge < -0.3 is 9.64 Å². The summed E-state index contributed by atoms with van der Waals surface area (Å²) in [5, 5.41) is 0. The van der Waals surface area contributed by atoms with E-state index in [1.54, 1.807) is 0 Å². The molecule has 3 rings (SSSR count). The molecule has 28 heavy (non-hydrogen) atoms. The molecule has 2 atom stereocenters. The van der Waals surface area contributed by atoms with Crippen LogP contribution in [-0.4, -0.2) is 56.6 Å². The molecule has 0 bridgehead atoms. The number of rotatable bonds is 7. The molecule has 2 aliphatic rings. The SMILES string of the molecule is CCC(CC1C=CC(C)=CC1)(C(=O)c1ccc(N2CCOCC2)cc1)N(C)C. The summed E-state index contributed by atoms with van der Waals surface area (Å²) in [4.78, 5) is 18.1. The molecule has 1 heterocycles. The van der Waals surface area contributed by atoms with Gasteiger partial charge in [-0.05, 0) is 70.5 Å². The summed E-state index contributed by atoms with van der Waals surface area (Å²) in [6.45, 7) is 7.61. The number of hydrogen-bond donors (Lipinski definition) is 0. The Kier molecular flexibility index (Phi) is 6.73. The van der Waals surface area contributed by atoms with Gasteiger partial charge in [0.15, 0.2) is 5.78 Å². The lowest BCUT2D eigenvalue weighted by molar-refractivity contribution is 0.0610. The zero-order valence-electron chi connectivity index (χ0n) is 17.8. The van der Waals surface area contributed by atoms with Gasteiger partial charge in [-0.1, -0.05) is 30.7 Å². The Balaban J connectivity index is 1.80. The Bertz CT molecular complexity index is 729. The molecular weight excluding hydrogens is 348 g/mol. The van der Waals surface area contributed by atoms with E-state index in [2.05, 4.69) is 54.0 Å². The standard InChI is InChI=1S/C24H34N2O2/c1-5-24(25(3)4,18-20-8-6-19(2)7-9-20)23(27)21-10-12-22(13-11-21)26-14-16-28-17-15-26/h6-8,10-13,20H,5,9,14-18H2,1-4H3. The molecule has 4 nitrogen and oxygen atoms in total. The Labute approximate surface area is 169 Å². The van der Waals surface area contributed by atoms with Crippen LogP contribution in [0.4, 0.5) is 5.69 Å². The highest BCUT2D eigenvalue weighted by atomic mass is 16.5. The molecule has 1 saturated heterocycles. The van der Waals surface area contributed by atoms with Gasteiger partial charge in [0.05, 0.1) is 18.8 Å². The summed E-state index contributed by atoms with van der Waals surface area (Å²) in [5.41, 5.74) is 2.81. The van der Waals surface area contributed by atoms with Gasteiger partial charge in [0.2, 0.25) is 0 Å². The van der Waals surface area contributed by atoms with Crippen LogP contribution in [0.3, 0.4) is 0 Å².